The molecule has 0 spiro atoms. The molecule has 4 nitrogen and oxygen atoms in total. The van der Waals surface area contributed by atoms with Crippen molar-refractivity contribution in [1.29, 1.82) is 0 Å². The average Bonchev–Trinajstić information content (AvgIpc) is 2.47. The van der Waals surface area contributed by atoms with E-state index in [1.54, 1.807) is 12.1 Å². The average molecular weight is 338 g/mol. The lowest BCUT2D eigenvalue weighted by Crippen LogP contribution is -2.23. The lowest BCUT2D eigenvalue weighted by Gasteiger charge is -2.21. The van der Waals surface area contributed by atoms with Crippen molar-refractivity contribution in [2.45, 2.75) is 45.0 Å². The smallest absolute Gasteiger partial charge is 0.338 e. The zero-order valence-corrected chi connectivity index (χ0v) is 15.0. The van der Waals surface area contributed by atoms with Crippen molar-refractivity contribution in [3.05, 3.63) is 35.4 Å². The van der Waals surface area contributed by atoms with Crippen LogP contribution in [0.2, 0.25) is 0 Å². The second-order valence-corrected chi connectivity index (χ2v) is 8.51. The molecule has 1 aliphatic rings. The second kappa shape index (κ2) is 8.06. The van der Waals surface area contributed by atoms with Crippen LogP contribution in [0.15, 0.2) is 24.3 Å². The molecule has 1 aromatic carbocycles. The molecule has 1 saturated heterocycles. The molecule has 1 heterocycles. The molecular formula is C18H26O4S. The van der Waals surface area contributed by atoms with Crippen LogP contribution in [-0.4, -0.2) is 34.7 Å². The summed E-state index contributed by atoms with van der Waals surface area (Å²) in [5, 5.41) is 0. The summed E-state index contributed by atoms with van der Waals surface area (Å²) in [6.45, 7) is 7.11. The summed E-state index contributed by atoms with van der Waals surface area (Å²) in [5.74, 6) is 1.45. The molecule has 1 fully saturated rings. The maximum Gasteiger partial charge on any atom is 0.338 e. The Bertz CT molecular complexity index is 539. The molecule has 1 aliphatic heterocycles. The number of rotatable bonds is 5. The van der Waals surface area contributed by atoms with E-state index in [1.165, 1.54) is 0 Å². The summed E-state index contributed by atoms with van der Waals surface area (Å²) in [4.78, 5) is 12.0. The Morgan fingerprint density at radius 2 is 1.83 bits per heavy atom. The van der Waals surface area contributed by atoms with Crippen molar-refractivity contribution >= 4 is 16.8 Å². The first-order valence-corrected chi connectivity index (χ1v) is 9.57. The zero-order valence-electron chi connectivity index (χ0n) is 14.2. The van der Waals surface area contributed by atoms with Crippen LogP contribution in [0.25, 0.3) is 0 Å². The summed E-state index contributed by atoms with van der Waals surface area (Å²) in [5.41, 5.74) is 1.02. The van der Waals surface area contributed by atoms with E-state index in [-0.39, 0.29) is 5.97 Å². The SMILES string of the molecule is CC(C)(C)OC(=O)c1ccc(C[S@@](=O)CC2CCOCC2)cc1. The van der Waals surface area contributed by atoms with Crippen LogP contribution >= 0.6 is 0 Å². The molecular weight excluding hydrogens is 312 g/mol. The van der Waals surface area contributed by atoms with Crippen LogP contribution < -0.4 is 0 Å². The van der Waals surface area contributed by atoms with Gasteiger partial charge in [-0.05, 0) is 57.2 Å². The van der Waals surface area contributed by atoms with Crippen molar-refractivity contribution in [2.75, 3.05) is 19.0 Å². The number of hydrogen-bond acceptors (Lipinski definition) is 4. The van der Waals surface area contributed by atoms with Crippen LogP contribution in [0.1, 0.15) is 49.5 Å². The Balaban J connectivity index is 1.86. The van der Waals surface area contributed by atoms with Gasteiger partial charge in [0, 0.05) is 35.5 Å². The number of esters is 1. The largest absolute Gasteiger partial charge is 0.456 e. The molecule has 1 aromatic rings. The van der Waals surface area contributed by atoms with E-state index in [2.05, 4.69) is 0 Å². The standard InChI is InChI=1S/C18H26O4S/c1-18(2,3)22-17(19)16-6-4-14(5-7-16)12-23(20)13-15-8-10-21-11-9-15/h4-7,15H,8-13H2,1-3H3/t23-/m1/s1. The van der Waals surface area contributed by atoms with Gasteiger partial charge >= 0.3 is 5.97 Å². The number of benzene rings is 1. The van der Waals surface area contributed by atoms with Gasteiger partial charge in [-0.15, -0.1) is 0 Å². The van der Waals surface area contributed by atoms with Gasteiger partial charge in [-0.25, -0.2) is 4.79 Å². The highest BCUT2D eigenvalue weighted by atomic mass is 32.2. The first-order valence-electron chi connectivity index (χ1n) is 8.08. The van der Waals surface area contributed by atoms with E-state index in [9.17, 15) is 9.00 Å². The van der Waals surface area contributed by atoms with Crippen LogP contribution in [0.5, 0.6) is 0 Å². The zero-order chi connectivity index (χ0) is 16.9. The monoisotopic (exact) mass is 338 g/mol. The van der Waals surface area contributed by atoms with E-state index >= 15 is 0 Å². The minimum atomic E-state index is -0.873. The predicted octanol–water partition coefficient (Wildman–Crippen LogP) is 3.32. The topological polar surface area (TPSA) is 52.6 Å². The molecule has 0 bridgehead atoms. The molecule has 0 aromatic heterocycles. The van der Waals surface area contributed by atoms with E-state index in [0.29, 0.717) is 17.2 Å². The van der Waals surface area contributed by atoms with Gasteiger partial charge in [-0.2, -0.15) is 0 Å². The quantitative estimate of drug-likeness (QED) is 0.773. The van der Waals surface area contributed by atoms with Crippen LogP contribution in [-0.2, 0) is 26.0 Å². The highest BCUT2D eigenvalue weighted by Crippen LogP contribution is 2.18. The van der Waals surface area contributed by atoms with Crippen LogP contribution in [0.4, 0.5) is 0 Å². The van der Waals surface area contributed by atoms with Crippen molar-refractivity contribution in [3.8, 4) is 0 Å². The lowest BCUT2D eigenvalue weighted by atomic mass is 10.0. The van der Waals surface area contributed by atoms with Crippen molar-refractivity contribution < 1.29 is 18.5 Å². The van der Waals surface area contributed by atoms with Gasteiger partial charge in [-0.3, -0.25) is 4.21 Å². The normalized spacial score (nSPS) is 17.7. The Morgan fingerprint density at radius 1 is 1.22 bits per heavy atom. The first kappa shape index (κ1) is 18.1. The molecule has 0 radical (unpaired) electrons. The molecule has 0 saturated carbocycles. The molecule has 0 amide bonds. The number of hydrogen-bond donors (Lipinski definition) is 0. The van der Waals surface area contributed by atoms with Gasteiger partial charge in [-0.1, -0.05) is 12.1 Å². The van der Waals surface area contributed by atoms with E-state index < -0.39 is 16.4 Å². The molecule has 23 heavy (non-hydrogen) atoms. The van der Waals surface area contributed by atoms with Crippen LogP contribution in [0.3, 0.4) is 0 Å². The Labute approximate surface area is 141 Å². The highest BCUT2D eigenvalue weighted by Gasteiger charge is 2.19. The van der Waals surface area contributed by atoms with Crippen LogP contribution in [0, 0.1) is 5.92 Å². The molecule has 0 unspecified atom stereocenters. The van der Waals surface area contributed by atoms with E-state index in [1.807, 2.05) is 32.9 Å². The molecule has 2 rings (SSSR count). The molecule has 1 atom stereocenters. The van der Waals surface area contributed by atoms with Crippen molar-refractivity contribution in [2.24, 2.45) is 5.92 Å². The number of carbonyl (C=O) groups excluding carboxylic acids is 1. The predicted molar refractivity (Wildman–Crippen MR) is 91.9 cm³/mol. The van der Waals surface area contributed by atoms with Gasteiger partial charge in [0.25, 0.3) is 0 Å². The lowest BCUT2D eigenvalue weighted by molar-refractivity contribution is 0.00695. The van der Waals surface area contributed by atoms with Gasteiger partial charge in [0.1, 0.15) is 5.60 Å². The summed E-state index contributed by atoms with van der Waals surface area (Å²) in [6, 6.07) is 7.21. The Morgan fingerprint density at radius 3 is 2.39 bits per heavy atom. The maximum atomic E-state index is 12.3. The van der Waals surface area contributed by atoms with E-state index in [0.717, 1.165) is 37.4 Å². The summed E-state index contributed by atoms with van der Waals surface area (Å²) in [7, 11) is -0.873. The van der Waals surface area contributed by atoms with Gasteiger partial charge in [0.15, 0.2) is 0 Å². The Hall–Kier alpha value is -1.20. The third-order valence-electron chi connectivity index (χ3n) is 3.68. The minimum absolute atomic E-state index is 0.327. The summed E-state index contributed by atoms with van der Waals surface area (Å²) < 4.78 is 22.9. The van der Waals surface area contributed by atoms with E-state index in [4.69, 9.17) is 9.47 Å². The highest BCUT2D eigenvalue weighted by molar-refractivity contribution is 7.84. The number of carbonyl (C=O) groups is 1. The fourth-order valence-corrected chi connectivity index (χ4v) is 4.04. The van der Waals surface area contributed by atoms with Gasteiger partial charge in [0.05, 0.1) is 5.56 Å². The fourth-order valence-electron chi connectivity index (χ4n) is 2.49. The first-order chi connectivity index (χ1) is 10.8. The second-order valence-electron chi connectivity index (χ2n) is 7.01. The van der Waals surface area contributed by atoms with Crippen molar-refractivity contribution in [1.82, 2.24) is 0 Å². The summed E-state index contributed by atoms with van der Waals surface area (Å²) >= 11 is 0. The molecule has 128 valence electrons. The number of ether oxygens (including phenoxy) is 2. The third-order valence-corrected chi connectivity index (χ3v) is 5.18. The molecule has 0 aliphatic carbocycles. The Kier molecular flexibility index (Phi) is 6.36. The summed E-state index contributed by atoms with van der Waals surface area (Å²) in [6.07, 6.45) is 2.01. The maximum absolute atomic E-state index is 12.3. The third kappa shape index (κ3) is 6.43. The van der Waals surface area contributed by atoms with Gasteiger partial charge < -0.3 is 9.47 Å². The van der Waals surface area contributed by atoms with Gasteiger partial charge in [0.2, 0.25) is 0 Å². The minimum Gasteiger partial charge on any atom is -0.456 e. The van der Waals surface area contributed by atoms with Crippen molar-refractivity contribution in [3.63, 3.8) is 0 Å². The molecule has 5 heteroatoms. The molecule has 0 N–H and O–H groups in total. The fraction of sp³-hybridized carbons (Fsp3) is 0.611.